The Morgan fingerprint density at radius 2 is 2.00 bits per heavy atom. The van der Waals surface area contributed by atoms with Crippen molar-refractivity contribution < 1.29 is 18.8 Å². The van der Waals surface area contributed by atoms with E-state index in [0.717, 1.165) is 4.90 Å². The molecule has 1 aliphatic rings. The molecular weight excluding hydrogens is 337 g/mol. The first-order valence-corrected chi connectivity index (χ1v) is 7.36. The maximum atomic E-state index is 13.5. The summed E-state index contributed by atoms with van der Waals surface area (Å²) in [5.74, 6) is -1.66. The van der Waals surface area contributed by atoms with Gasteiger partial charge in [-0.05, 0) is 27.1 Å². The maximum Gasteiger partial charge on any atom is 0.247 e. The molecule has 0 spiro atoms. The molecule has 1 heterocycles. The number of likely N-dealkylation sites (tertiary alicyclic amines) is 1. The molecule has 132 valence electrons. The molecule has 2 atom stereocenters. The third kappa shape index (κ3) is 4.10. The molecule has 0 saturated carbocycles. The first-order chi connectivity index (χ1) is 10.8. The molecule has 0 bridgehead atoms. The average Bonchev–Trinajstić information content (AvgIpc) is 2.80. The fourth-order valence-electron chi connectivity index (χ4n) is 2.53. The Morgan fingerprint density at radius 3 is 2.54 bits per heavy atom. The summed E-state index contributed by atoms with van der Waals surface area (Å²) >= 11 is 0. The van der Waals surface area contributed by atoms with Gasteiger partial charge in [0.2, 0.25) is 17.7 Å². The van der Waals surface area contributed by atoms with E-state index in [0.29, 0.717) is 5.56 Å². The predicted octanol–water partition coefficient (Wildman–Crippen LogP) is 0.941. The highest BCUT2D eigenvalue weighted by Crippen LogP contribution is 2.19. The topological polar surface area (TPSA) is 69.7 Å². The number of carbonyl (C=O) groups excluding carboxylic acids is 3. The molecule has 1 saturated heterocycles. The van der Waals surface area contributed by atoms with Gasteiger partial charge in [0.1, 0.15) is 11.9 Å². The van der Waals surface area contributed by atoms with Crippen molar-refractivity contribution in [1.82, 2.24) is 15.1 Å². The Balaban J connectivity index is 0.00000288. The van der Waals surface area contributed by atoms with Gasteiger partial charge in [0.05, 0.1) is 12.5 Å². The molecule has 1 aromatic carbocycles. The van der Waals surface area contributed by atoms with Crippen LogP contribution in [0.15, 0.2) is 24.3 Å². The van der Waals surface area contributed by atoms with E-state index in [-0.39, 0.29) is 37.2 Å². The van der Waals surface area contributed by atoms with Gasteiger partial charge in [-0.3, -0.25) is 24.2 Å². The molecule has 24 heavy (non-hydrogen) atoms. The van der Waals surface area contributed by atoms with E-state index < -0.39 is 23.8 Å². The smallest absolute Gasteiger partial charge is 0.247 e. The third-order valence-corrected chi connectivity index (χ3v) is 3.96. The minimum Gasteiger partial charge on any atom is -0.350 e. The number of likely N-dealkylation sites (N-methyl/N-ethyl adjacent to an activating group) is 1. The van der Waals surface area contributed by atoms with Crippen LogP contribution in [0.2, 0.25) is 0 Å². The van der Waals surface area contributed by atoms with Crippen LogP contribution in [0.25, 0.3) is 0 Å². The van der Waals surface area contributed by atoms with Crippen LogP contribution in [-0.4, -0.2) is 53.7 Å². The molecule has 1 fully saturated rings. The van der Waals surface area contributed by atoms with Crippen molar-refractivity contribution in [3.8, 4) is 0 Å². The standard InChI is InChI=1S/C16H20FN3O3.ClH/c1-10(20-14(21)8-13(16(20)23)19(2)3)15(22)18-9-11-6-4-5-7-12(11)17;/h4-7,10,13H,8-9H2,1-3H3,(H,18,22);1H/t10-,13+;/m1./s1. The Hall–Kier alpha value is -1.99. The van der Waals surface area contributed by atoms with Crippen molar-refractivity contribution in [2.24, 2.45) is 0 Å². The van der Waals surface area contributed by atoms with Gasteiger partial charge in [0, 0.05) is 12.1 Å². The molecule has 6 nitrogen and oxygen atoms in total. The SMILES string of the molecule is C[C@H](C(=O)NCc1ccccc1F)N1C(=O)C[C@H](N(C)C)C1=O.Cl. The Bertz CT molecular complexity index is 639. The summed E-state index contributed by atoms with van der Waals surface area (Å²) in [5.41, 5.74) is 0.346. The Labute approximate surface area is 146 Å². The van der Waals surface area contributed by atoms with E-state index in [1.165, 1.54) is 13.0 Å². The molecule has 0 radical (unpaired) electrons. The van der Waals surface area contributed by atoms with Crippen molar-refractivity contribution in [3.05, 3.63) is 35.6 Å². The van der Waals surface area contributed by atoms with Crippen LogP contribution < -0.4 is 5.32 Å². The molecule has 3 amide bonds. The van der Waals surface area contributed by atoms with Gasteiger partial charge in [0.25, 0.3) is 0 Å². The first-order valence-electron chi connectivity index (χ1n) is 7.36. The van der Waals surface area contributed by atoms with E-state index in [1.54, 1.807) is 37.2 Å². The van der Waals surface area contributed by atoms with Crippen molar-refractivity contribution in [1.29, 1.82) is 0 Å². The minimum absolute atomic E-state index is 0. The van der Waals surface area contributed by atoms with Crippen LogP contribution >= 0.6 is 12.4 Å². The number of imide groups is 1. The van der Waals surface area contributed by atoms with Gasteiger partial charge in [-0.2, -0.15) is 0 Å². The monoisotopic (exact) mass is 357 g/mol. The van der Waals surface area contributed by atoms with E-state index in [4.69, 9.17) is 0 Å². The number of rotatable bonds is 5. The summed E-state index contributed by atoms with van der Waals surface area (Å²) in [6.45, 7) is 1.49. The normalized spacial score (nSPS) is 18.5. The lowest BCUT2D eigenvalue weighted by molar-refractivity contribution is -0.147. The lowest BCUT2D eigenvalue weighted by Gasteiger charge is -2.23. The zero-order chi connectivity index (χ0) is 17.1. The molecule has 1 aromatic rings. The van der Waals surface area contributed by atoms with Crippen LogP contribution in [0.3, 0.4) is 0 Å². The minimum atomic E-state index is -0.924. The number of nitrogens with zero attached hydrogens (tertiary/aromatic N) is 2. The van der Waals surface area contributed by atoms with Crippen LogP contribution in [0.1, 0.15) is 18.9 Å². The molecular formula is C16H21ClFN3O3. The predicted molar refractivity (Wildman–Crippen MR) is 88.9 cm³/mol. The number of hydrogen-bond donors (Lipinski definition) is 1. The van der Waals surface area contributed by atoms with Crippen LogP contribution in [0.5, 0.6) is 0 Å². The first kappa shape index (κ1) is 20.1. The second-order valence-corrected chi connectivity index (χ2v) is 5.77. The summed E-state index contributed by atoms with van der Waals surface area (Å²) in [7, 11) is 3.42. The fraction of sp³-hybridized carbons (Fsp3) is 0.438. The van der Waals surface area contributed by atoms with Gasteiger partial charge in [-0.1, -0.05) is 18.2 Å². The van der Waals surface area contributed by atoms with Crippen LogP contribution in [0.4, 0.5) is 4.39 Å². The number of carbonyl (C=O) groups is 3. The van der Waals surface area contributed by atoms with Gasteiger partial charge < -0.3 is 5.32 Å². The Kier molecular flexibility index (Phi) is 6.86. The third-order valence-electron chi connectivity index (χ3n) is 3.96. The van der Waals surface area contributed by atoms with Gasteiger partial charge >= 0.3 is 0 Å². The van der Waals surface area contributed by atoms with E-state index >= 15 is 0 Å². The van der Waals surface area contributed by atoms with Gasteiger partial charge in [-0.15, -0.1) is 12.4 Å². The highest BCUT2D eigenvalue weighted by molar-refractivity contribution is 6.08. The molecule has 1 N–H and O–H groups in total. The number of benzene rings is 1. The van der Waals surface area contributed by atoms with Crippen molar-refractivity contribution in [2.75, 3.05) is 14.1 Å². The second-order valence-electron chi connectivity index (χ2n) is 5.77. The summed E-state index contributed by atoms with van der Waals surface area (Å²) < 4.78 is 13.5. The number of hydrogen-bond acceptors (Lipinski definition) is 4. The van der Waals surface area contributed by atoms with Crippen molar-refractivity contribution in [2.45, 2.75) is 32.0 Å². The lowest BCUT2D eigenvalue weighted by atomic mass is 10.2. The number of halogens is 2. The zero-order valence-corrected chi connectivity index (χ0v) is 14.6. The van der Waals surface area contributed by atoms with E-state index in [2.05, 4.69) is 5.32 Å². The van der Waals surface area contributed by atoms with Crippen LogP contribution in [0, 0.1) is 5.82 Å². The summed E-state index contributed by atoms with van der Waals surface area (Å²) in [6, 6.07) is 4.64. The molecule has 0 aliphatic carbocycles. The number of nitrogens with one attached hydrogen (secondary N) is 1. The summed E-state index contributed by atoms with van der Waals surface area (Å²) in [6.07, 6.45) is 0.0662. The summed E-state index contributed by atoms with van der Waals surface area (Å²) in [4.78, 5) is 39.1. The molecule has 0 aromatic heterocycles. The Morgan fingerprint density at radius 1 is 1.38 bits per heavy atom. The van der Waals surface area contributed by atoms with E-state index in [9.17, 15) is 18.8 Å². The van der Waals surface area contributed by atoms with Crippen molar-refractivity contribution in [3.63, 3.8) is 0 Å². The average molecular weight is 358 g/mol. The molecule has 8 heteroatoms. The van der Waals surface area contributed by atoms with Crippen molar-refractivity contribution >= 4 is 30.1 Å². The lowest BCUT2D eigenvalue weighted by Crippen LogP contribution is -2.49. The fourth-order valence-corrected chi connectivity index (χ4v) is 2.53. The zero-order valence-electron chi connectivity index (χ0n) is 13.8. The molecule has 1 aliphatic heterocycles. The highest BCUT2D eigenvalue weighted by atomic mass is 35.5. The second kappa shape index (κ2) is 8.21. The van der Waals surface area contributed by atoms with Gasteiger partial charge in [0.15, 0.2) is 0 Å². The molecule has 2 rings (SSSR count). The van der Waals surface area contributed by atoms with Gasteiger partial charge in [-0.25, -0.2) is 4.39 Å². The van der Waals surface area contributed by atoms with E-state index in [1.807, 2.05) is 0 Å². The number of amides is 3. The molecule has 0 unspecified atom stereocenters. The highest BCUT2D eigenvalue weighted by Gasteiger charge is 2.43. The summed E-state index contributed by atoms with van der Waals surface area (Å²) in [5, 5.41) is 2.56. The maximum absolute atomic E-state index is 13.5. The van der Waals surface area contributed by atoms with Crippen LogP contribution in [-0.2, 0) is 20.9 Å². The largest absolute Gasteiger partial charge is 0.350 e. The quantitative estimate of drug-likeness (QED) is 0.796.